The first-order valence-electron chi connectivity index (χ1n) is 8.88. The van der Waals surface area contributed by atoms with E-state index in [1.165, 1.54) is 17.8 Å². The summed E-state index contributed by atoms with van der Waals surface area (Å²) in [5.41, 5.74) is 0.998. The van der Waals surface area contributed by atoms with Crippen molar-refractivity contribution in [3.8, 4) is 5.75 Å². The maximum atomic E-state index is 12.9. The molecule has 0 radical (unpaired) electrons. The van der Waals surface area contributed by atoms with Gasteiger partial charge in [-0.1, -0.05) is 48.2 Å². The van der Waals surface area contributed by atoms with E-state index < -0.39 is 11.7 Å². The summed E-state index contributed by atoms with van der Waals surface area (Å²) in [6.45, 7) is 6.44. The predicted molar refractivity (Wildman–Crippen MR) is 107 cm³/mol. The van der Waals surface area contributed by atoms with Gasteiger partial charge in [-0.25, -0.2) is 0 Å². The number of hydrogen-bond donors (Lipinski definition) is 0. The smallest absolute Gasteiger partial charge is 0.416 e. The molecule has 1 aromatic heterocycles. The van der Waals surface area contributed by atoms with Crippen molar-refractivity contribution in [2.24, 2.45) is 0 Å². The Morgan fingerprint density at radius 1 is 1.14 bits per heavy atom. The molecule has 0 N–H and O–H groups in total. The normalized spacial score (nSPS) is 11.4. The number of allylic oxidation sites excluding steroid dienone is 1. The Morgan fingerprint density at radius 2 is 1.93 bits per heavy atom. The highest BCUT2D eigenvalue weighted by Crippen LogP contribution is 2.31. The van der Waals surface area contributed by atoms with Crippen LogP contribution in [0.4, 0.5) is 13.2 Å². The summed E-state index contributed by atoms with van der Waals surface area (Å²) in [5.74, 6) is 1.70. The second-order valence-electron chi connectivity index (χ2n) is 6.39. The van der Waals surface area contributed by atoms with E-state index >= 15 is 0 Å². The first kappa shape index (κ1) is 21.0. The van der Waals surface area contributed by atoms with E-state index in [0.29, 0.717) is 28.8 Å². The average molecular weight is 419 g/mol. The number of alkyl halides is 3. The molecule has 0 aliphatic carbocycles. The van der Waals surface area contributed by atoms with Gasteiger partial charge in [0.25, 0.3) is 0 Å². The molecule has 2 aromatic carbocycles. The lowest BCUT2D eigenvalue weighted by molar-refractivity contribution is -0.137. The molecular weight excluding hydrogens is 399 g/mol. The van der Waals surface area contributed by atoms with Crippen molar-refractivity contribution in [1.29, 1.82) is 0 Å². The first-order chi connectivity index (χ1) is 13.9. The molecule has 0 fully saturated rings. The lowest BCUT2D eigenvalue weighted by Gasteiger charge is -2.10. The fourth-order valence-electron chi connectivity index (χ4n) is 2.68. The van der Waals surface area contributed by atoms with Crippen molar-refractivity contribution in [2.75, 3.05) is 0 Å². The minimum Gasteiger partial charge on any atom is -0.486 e. The van der Waals surface area contributed by atoms with E-state index in [2.05, 4.69) is 16.8 Å². The van der Waals surface area contributed by atoms with Crippen molar-refractivity contribution >= 4 is 11.8 Å². The Bertz CT molecular complexity index is 985. The second-order valence-corrected chi connectivity index (χ2v) is 7.33. The number of nitrogens with zero attached hydrogens (tertiary/aromatic N) is 3. The number of rotatable bonds is 8. The average Bonchev–Trinajstić information content (AvgIpc) is 3.06. The molecule has 0 saturated heterocycles. The van der Waals surface area contributed by atoms with Gasteiger partial charge in [0.15, 0.2) is 11.0 Å². The second kappa shape index (κ2) is 9.17. The van der Waals surface area contributed by atoms with Gasteiger partial charge in [-0.15, -0.1) is 16.8 Å². The molecular formula is C21H20F3N3OS. The number of halogens is 3. The van der Waals surface area contributed by atoms with Crippen molar-refractivity contribution in [1.82, 2.24) is 14.8 Å². The zero-order chi connectivity index (χ0) is 20.9. The fourth-order valence-corrected chi connectivity index (χ4v) is 3.59. The predicted octanol–water partition coefficient (Wildman–Crippen LogP) is 5.66. The van der Waals surface area contributed by atoms with Gasteiger partial charge in [0.05, 0.1) is 5.56 Å². The molecule has 0 atom stereocenters. The van der Waals surface area contributed by atoms with Gasteiger partial charge >= 0.3 is 6.18 Å². The van der Waals surface area contributed by atoms with Crippen molar-refractivity contribution in [3.63, 3.8) is 0 Å². The summed E-state index contributed by atoms with van der Waals surface area (Å²) in [6, 6.07) is 13.0. The van der Waals surface area contributed by atoms with Gasteiger partial charge < -0.3 is 4.74 Å². The summed E-state index contributed by atoms with van der Waals surface area (Å²) in [4.78, 5) is 0. The number of thioether (sulfide) groups is 1. The topological polar surface area (TPSA) is 39.9 Å². The van der Waals surface area contributed by atoms with Crippen LogP contribution in [-0.2, 0) is 25.1 Å². The van der Waals surface area contributed by atoms with Gasteiger partial charge in [0, 0.05) is 12.3 Å². The largest absolute Gasteiger partial charge is 0.486 e. The number of aryl methyl sites for hydroxylation is 1. The van der Waals surface area contributed by atoms with Gasteiger partial charge in [0.1, 0.15) is 12.4 Å². The molecule has 3 aromatic rings. The van der Waals surface area contributed by atoms with Crippen LogP contribution in [0.3, 0.4) is 0 Å². The molecule has 152 valence electrons. The third-order valence-corrected chi connectivity index (χ3v) is 5.12. The van der Waals surface area contributed by atoms with Gasteiger partial charge in [-0.2, -0.15) is 13.2 Å². The van der Waals surface area contributed by atoms with Gasteiger partial charge in [0.2, 0.25) is 0 Å². The SMILES string of the molecule is C=CCn1c(COc2cccc(C)c2)nnc1SCc1cccc(C(F)(F)F)c1. The summed E-state index contributed by atoms with van der Waals surface area (Å²) in [6.07, 6.45) is -2.64. The van der Waals surface area contributed by atoms with Crippen LogP contribution in [0.15, 0.2) is 66.3 Å². The Kier molecular flexibility index (Phi) is 6.64. The monoisotopic (exact) mass is 419 g/mol. The van der Waals surface area contributed by atoms with Crippen LogP contribution < -0.4 is 4.74 Å². The third-order valence-electron chi connectivity index (χ3n) is 4.08. The van der Waals surface area contributed by atoms with Crippen LogP contribution in [0.5, 0.6) is 5.75 Å². The Morgan fingerprint density at radius 3 is 2.66 bits per heavy atom. The highest BCUT2D eigenvalue weighted by Gasteiger charge is 2.30. The minimum absolute atomic E-state index is 0.231. The van der Waals surface area contributed by atoms with Gasteiger partial charge in [-0.05, 0) is 36.2 Å². The Balaban J connectivity index is 1.70. The molecule has 0 unspecified atom stereocenters. The lowest BCUT2D eigenvalue weighted by atomic mass is 10.1. The number of ether oxygens (including phenoxy) is 1. The minimum atomic E-state index is -4.36. The molecule has 0 bridgehead atoms. The van der Waals surface area contributed by atoms with Crippen LogP contribution in [0.25, 0.3) is 0 Å². The summed E-state index contributed by atoms with van der Waals surface area (Å²) in [7, 11) is 0. The van der Waals surface area contributed by atoms with E-state index in [1.54, 1.807) is 12.1 Å². The molecule has 1 heterocycles. The van der Waals surface area contributed by atoms with E-state index in [9.17, 15) is 13.2 Å². The van der Waals surface area contributed by atoms with Crippen molar-refractivity contribution in [3.05, 3.63) is 83.7 Å². The van der Waals surface area contributed by atoms with E-state index in [-0.39, 0.29) is 6.61 Å². The highest BCUT2D eigenvalue weighted by atomic mass is 32.2. The summed E-state index contributed by atoms with van der Waals surface area (Å²) in [5, 5.41) is 8.96. The first-order valence-corrected chi connectivity index (χ1v) is 9.87. The van der Waals surface area contributed by atoms with Crippen LogP contribution >= 0.6 is 11.8 Å². The zero-order valence-corrected chi connectivity index (χ0v) is 16.6. The molecule has 29 heavy (non-hydrogen) atoms. The van der Waals surface area contributed by atoms with E-state index in [4.69, 9.17) is 4.74 Å². The number of hydrogen-bond acceptors (Lipinski definition) is 4. The summed E-state index contributed by atoms with van der Waals surface area (Å²) >= 11 is 1.32. The number of aromatic nitrogens is 3. The van der Waals surface area contributed by atoms with Crippen molar-refractivity contribution < 1.29 is 17.9 Å². The zero-order valence-electron chi connectivity index (χ0n) is 15.8. The molecule has 0 amide bonds. The molecule has 0 aliphatic rings. The van der Waals surface area contributed by atoms with E-state index in [1.807, 2.05) is 35.8 Å². The Labute approximate surface area is 171 Å². The molecule has 3 rings (SSSR count). The van der Waals surface area contributed by atoms with Crippen LogP contribution in [0.1, 0.15) is 22.5 Å². The highest BCUT2D eigenvalue weighted by molar-refractivity contribution is 7.98. The van der Waals surface area contributed by atoms with Gasteiger partial charge in [-0.3, -0.25) is 4.57 Å². The standard InChI is InChI=1S/C21H20F3N3OS/c1-3-10-27-19(13-28-18-9-4-6-15(2)11-18)25-26-20(27)29-14-16-7-5-8-17(12-16)21(22,23)24/h3-9,11-12H,1,10,13-14H2,2H3. The quantitative estimate of drug-likeness (QED) is 0.349. The van der Waals surface area contributed by atoms with Crippen LogP contribution in [0.2, 0.25) is 0 Å². The Hall–Kier alpha value is -2.74. The van der Waals surface area contributed by atoms with Crippen LogP contribution in [0, 0.1) is 6.92 Å². The molecule has 0 saturated carbocycles. The molecule has 8 heteroatoms. The number of benzene rings is 2. The lowest BCUT2D eigenvalue weighted by Crippen LogP contribution is -2.07. The van der Waals surface area contributed by atoms with Crippen LogP contribution in [-0.4, -0.2) is 14.8 Å². The summed E-state index contributed by atoms with van der Waals surface area (Å²) < 4.78 is 46.3. The van der Waals surface area contributed by atoms with Crippen molar-refractivity contribution in [2.45, 2.75) is 37.2 Å². The van der Waals surface area contributed by atoms with E-state index in [0.717, 1.165) is 23.4 Å². The molecule has 4 nitrogen and oxygen atoms in total. The fraction of sp³-hybridized carbons (Fsp3) is 0.238. The maximum Gasteiger partial charge on any atom is 0.416 e. The molecule has 0 spiro atoms. The maximum absolute atomic E-state index is 12.9. The third kappa shape index (κ3) is 5.63. The molecule has 0 aliphatic heterocycles.